The van der Waals surface area contributed by atoms with Crippen LogP contribution < -0.4 is 5.32 Å². The maximum Gasteiger partial charge on any atom is 0.322 e. The van der Waals surface area contributed by atoms with Gasteiger partial charge < -0.3 is 15.1 Å². The number of benzene rings is 1. The van der Waals surface area contributed by atoms with Crippen LogP contribution in [-0.2, 0) is 13.1 Å². The Morgan fingerprint density at radius 2 is 1.64 bits per heavy atom. The number of carbonyl (C=O) groups is 2. The van der Waals surface area contributed by atoms with E-state index in [1.165, 1.54) is 0 Å². The minimum atomic E-state index is -0.222. The van der Waals surface area contributed by atoms with Gasteiger partial charge in [0.15, 0.2) is 0 Å². The van der Waals surface area contributed by atoms with Crippen molar-refractivity contribution in [1.29, 1.82) is 0 Å². The Balaban J connectivity index is 1.42. The smallest absolute Gasteiger partial charge is 0.322 e. The molecule has 1 aliphatic heterocycles. The molecule has 4 rings (SSSR count). The van der Waals surface area contributed by atoms with Gasteiger partial charge in [-0.3, -0.25) is 14.8 Å². The number of nitrogens with zero attached hydrogens (tertiary/aromatic N) is 4. The van der Waals surface area contributed by atoms with E-state index in [-0.39, 0.29) is 11.9 Å². The van der Waals surface area contributed by atoms with Gasteiger partial charge >= 0.3 is 6.03 Å². The average molecular weight is 444 g/mol. The number of pyridine rings is 2. The summed E-state index contributed by atoms with van der Waals surface area (Å²) < 4.78 is 0. The number of piperidine rings is 1. The Hall–Kier alpha value is -3.74. The van der Waals surface area contributed by atoms with Crippen LogP contribution in [0, 0.1) is 5.92 Å². The van der Waals surface area contributed by atoms with E-state index in [4.69, 9.17) is 0 Å². The second-order valence-corrected chi connectivity index (χ2v) is 8.56. The Morgan fingerprint density at radius 3 is 2.30 bits per heavy atom. The third-order valence-corrected chi connectivity index (χ3v) is 5.96. The molecule has 0 saturated carbocycles. The molecule has 1 aliphatic rings. The third kappa shape index (κ3) is 6.16. The Morgan fingerprint density at radius 1 is 0.939 bits per heavy atom. The minimum absolute atomic E-state index is 0.0515. The molecule has 0 radical (unpaired) electrons. The quantitative estimate of drug-likeness (QED) is 0.605. The van der Waals surface area contributed by atoms with Gasteiger partial charge in [0.2, 0.25) is 0 Å². The average Bonchev–Trinajstić information content (AvgIpc) is 2.85. The highest BCUT2D eigenvalue weighted by Crippen LogP contribution is 2.20. The van der Waals surface area contributed by atoms with Gasteiger partial charge in [-0.2, -0.15) is 0 Å². The normalized spacial score (nSPS) is 14.0. The standard InChI is InChI=1S/C26H29N5O2/c1-20-10-15-30(16-11-20)25(32)23-4-6-24(7-5-23)29-26(33)31(18-21-8-13-27-14-9-21)19-22-3-2-12-28-17-22/h2-9,12-14,17,20H,10-11,15-16,18-19H2,1H3,(H,29,33). The van der Waals surface area contributed by atoms with Crippen molar-refractivity contribution < 1.29 is 9.59 Å². The fourth-order valence-corrected chi connectivity index (χ4v) is 3.91. The Labute approximate surface area is 194 Å². The van der Waals surface area contributed by atoms with Gasteiger partial charge in [-0.1, -0.05) is 13.0 Å². The number of nitrogens with one attached hydrogen (secondary N) is 1. The monoisotopic (exact) mass is 443 g/mol. The van der Waals surface area contributed by atoms with Crippen LogP contribution >= 0.6 is 0 Å². The second-order valence-electron chi connectivity index (χ2n) is 8.56. The van der Waals surface area contributed by atoms with Crippen LogP contribution in [0.3, 0.4) is 0 Å². The number of hydrogen-bond donors (Lipinski definition) is 1. The summed E-state index contributed by atoms with van der Waals surface area (Å²) in [5.41, 5.74) is 3.22. The van der Waals surface area contributed by atoms with Gasteiger partial charge in [-0.05, 0) is 72.4 Å². The molecule has 0 atom stereocenters. The van der Waals surface area contributed by atoms with E-state index in [9.17, 15) is 9.59 Å². The van der Waals surface area contributed by atoms with Crippen molar-refractivity contribution in [3.8, 4) is 0 Å². The lowest BCUT2D eigenvalue weighted by Crippen LogP contribution is -2.37. The van der Waals surface area contributed by atoms with Gasteiger partial charge in [0.1, 0.15) is 0 Å². The second kappa shape index (κ2) is 10.7. The van der Waals surface area contributed by atoms with Crippen molar-refractivity contribution in [1.82, 2.24) is 19.8 Å². The highest BCUT2D eigenvalue weighted by Gasteiger charge is 2.21. The first-order valence-electron chi connectivity index (χ1n) is 11.3. The molecule has 3 aromatic rings. The molecule has 0 spiro atoms. The number of amides is 3. The Bertz CT molecular complexity index is 1010. The molecular weight excluding hydrogens is 414 g/mol. The lowest BCUT2D eigenvalue weighted by Gasteiger charge is -2.30. The van der Waals surface area contributed by atoms with Crippen LogP contribution in [0.5, 0.6) is 0 Å². The van der Waals surface area contributed by atoms with Gasteiger partial charge in [-0.25, -0.2) is 4.79 Å². The predicted octanol–water partition coefficient (Wildman–Crippen LogP) is 4.58. The SMILES string of the molecule is CC1CCN(C(=O)c2ccc(NC(=O)N(Cc3ccncc3)Cc3cccnc3)cc2)CC1. The molecule has 170 valence electrons. The maximum atomic E-state index is 13.1. The van der Waals surface area contributed by atoms with Gasteiger partial charge in [-0.15, -0.1) is 0 Å². The largest absolute Gasteiger partial charge is 0.339 e. The number of anilines is 1. The summed E-state index contributed by atoms with van der Waals surface area (Å²) in [5.74, 6) is 0.726. The number of likely N-dealkylation sites (tertiary alicyclic amines) is 1. The molecule has 0 bridgehead atoms. The molecule has 7 heteroatoms. The molecule has 1 fully saturated rings. The number of aromatic nitrogens is 2. The van der Waals surface area contributed by atoms with Crippen LogP contribution in [0.2, 0.25) is 0 Å². The van der Waals surface area contributed by atoms with E-state index in [0.717, 1.165) is 37.1 Å². The lowest BCUT2D eigenvalue weighted by molar-refractivity contribution is 0.0697. The molecule has 1 saturated heterocycles. The summed E-state index contributed by atoms with van der Waals surface area (Å²) in [6.07, 6.45) is 9.00. The van der Waals surface area contributed by atoms with Crippen LogP contribution in [-0.4, -0.2) is 44.8 Å². The first kappa shape index (κ1) is 22.5. The van der Waals surface area contributed by atoms with Gasteiger partial charge in [0.05, 0.1) is 0 Å². The van der Waals surface area contributed by atoms with Crippen molar-refractivity contribution in [3.05, 3.63) is 90.0 Å². The van der Waals surface area contributed by atoms with E-state index < -0.39 is 0 Å². The lowest BCUT2D eigenvalue weighted by atomic mass is 9.98. The molecule has 0 unspecified atom stereocenters. The molecule has 33 heavy (non-hydrogen) atoms. The summed E-state index contributed by atoms with van der Waals surface area (Å²) in [6.45, 7) is 4.69. The summed E-state index contributed by atoms with van der Waals surface area (Å²) in [5, 5.41) is 2.96. The minimum Gasteiger partial charge on any atom is -0.339 e. The van der Waals surface area contributed by atoms with Crippen molar-refractivity contribution in [3.63, 3.8) is 0 Å². The zero-order valence-corrected chi connectivity index (χ0v) is 18.9. The van der Waals surface area contributed by atoms with Crippen LogP contribution in [0.15, 0.2) is 73.3 Å². The van der Waals surface area contributed by atoms with E-state index in [0.29, 0.717) is 30.3 Å². The highest BCUT2D eigenvalue weighted by molar-refractivity contribution is 5.95. The number of carbonyl (C=O) groups excluding carboxylic acids is 2. The summed E-state index contributed by atoms with van der Waals surface area (Å²) in [7, 11) is 0. The topological polar surface area (TPSA) is 78.4 Å². The van der Waals surface area contributed by atoms with Gasteiger partial charge in [0.25, 0.3) is 5.91 Å². The van der Waals surface area contributed by atoms with Crippen molar-refractivity contribution >= 4 is 17.6 Å². The Kier molecular flexibility index (Phi) is 7.29. The number of urea groups is 1. The number of hydrogen-bond acceptors (Lipinski definition) is 4. The van der Waals surface area contributed by atoms with E-state index in [1.54, 1.807) is 54.0 Å². The van der Waals surface area contributed by atoms with Crippen LogP contribution in [0.25, 0.3) is 0 Å². The molecule has 1 N–H and O–H groups in total. The van der Waals surface area contributed by atoms with Crippen molar-refractivity contribution in [2.45, 2.75) is 32.9 Å². The summed E-state index contributed by atoms with van der Waals surface area (Å²) >= 11 is 0. The van der Waals surface area contributed by atoms with E-state index in [1.807, 2.05) is 29.2 Å². The zero-order chi connectivity index (χ0) is 23.0. The highest BCUT2D eigenvalue weighted by atomic mass is 16.2. The molecular formula is C26H29N5O2. The molecule has 7 nitrogen and oxygen atoms in total. The number of rotatable bonds is 6. The first-order valence-corrected chi connectivity index (χ1v) is 11.3. The fourth-order valence-electron chi connectivity index (χ4n) is 3.91. The molecule has 3 heterocycles. The molecule has 0 aliphatic carbocycles. The summed E-state index contributed by atoms with van der Waals surface area (Å²) in [4.78, 5) is 37.7. The predicted molar refractivity (Wildman–Crippen MR) is 127 cm³/mol. The first-order chi connectivity index (χ1) is 16.1. The summed E-state index contributed by atoms with van der Waals surface area (Å²) in [6, 6.07) is 14.5. The van der Waals surface area contributed by atoms with Crippen LogP contribution in [0.1, 0.15) is 41.3 Å². The van der Waals surface area contributed by atoms with Crippen molar-refractivity contribution in [2.75, 3.05) is 18.4 Å². The molecule has 3 amide bonds. The van der Waals surface area contributed by atoms with Crippen molar-refractivity contribution in [2.24, 2.45) is 5.92 Å². The molecule has 1 aromatic carbocycles. The van der Waals surface area contributed by atoms with E-state index >= 15 is 0 Å². The zero-order valence-electron chi connectivity index (χ0n) is 18.9. The third-order valence-electron chi connectivity index (χ3n) is 5.96. The maximum absolute atomic E-state index is 13.1. The van der Waals surface area contributed by atoms with Gasteiger partial charge in [0, 0.05) is 62.2 Å². The van der Waals surface area contributed by atoms with E-state index in [2.05, 4.69) is 22.2 Å². The molecule has 2 aromatic heterocycles. The van der Waals surface area contributed by atoms with Crippen LogP contribution in [0.4, 0.5) is 10.5 Å². The fraction of sp³-hybridized carbons (Fsp3) is 0.308.